The van der Waals surface area contributed by atoms with Gasteiger partial charge in [-0.25, -0.2) is 19.3 Å². The number of nitrogen functional groups attached to an aromatic ring is 2. The van der Waals surface area contributed by atoms with E-state index in [-0.39, 0.29) is 17.7 Å². The molecule has 2 unspecified atom stereocenters. The van der Waals surface area contributed by atoms with Crippen LogP contribution < -0.4 is 26.6 Å². The number of carbonyl (C=O) groups excluding carboxylic acids is 1. The van der Waals surface area contributed by atoms with E-state index in [9.17, 15) is 14.2 Å². The van der Waals surface area contributed by atoms with Crippen molar-refractivity contribution in [1.82, 2.24) is 25.3 Å². The van der Waals surface area contributed by atoms with Gasteiger partial charge in [-0.1, -0.05) is 18.2 Å². The van der Waals surface area contributed by atoms with Crippen LogP contribution in [0.1, 0.15) is 28.5 Å². The van der Waals surface area contributed by atoms with Crippen molar-refractivity contribution in [1.29, 1.82) is 0 Å². The maximum absolute atomic E-state index is 12.6. The Bertz CT molecular complexity index is 1570. The average molecular weight is 581 g/mol. The molecule has 0 fully saturated rings. The summed E-state index contributed by atoms with van der Waals surface area (Å²) in [6.45, 7) is 2.13. The van der Waals surface area contributed by atoms with Gasteiger partial charge < -0.3 is 31.7 Å². The van der Waals surface area contributed by atoms with Gasteiger partial charge in [0.1, 0.15) is 5.75 Å². The van der Waals surface area contributed by atoms with Gasteiger partial charge in [0.05, 0.1) is 11.9 Å². The van der Waals surface area contributed by atoms with E-state index < -0.39 is 20.3 Å². The Hall–Kier alpha value is -4.81. The van der Waals surface area contributed by atoms with Crippen LogP contribution in [0.2, 0.25) is 0 Å². The van der Waals surface area contributed by atoms with Crippen molar-refractivity contribution in [3.8, 4) is 5.75 Å². The van der Waals surface area contributed by atoms with Crippen LogP contribution in [0.4, 0.5) is 17.5 Å². The maximum atomic E-state index is 12.6. The lowest BCUT2D eigenvalue weighted by atomic mass is 10.1. The number of rotatable bonds is 13. The largest absolute Gasteiger partial charge is 0.479 e. The molecule has 2 aromatic carbocycles. The minimum absolute atomic E-state index is 0.0438. The zero-order chi connectivity index (χ0) is 29.4. The van der Waals surface area contributed by atoms with E-state index in [1.807, 2.05) is 0 Å². The zero-order valence-corrected chi connectivity index (χ0v) is 23.0. The SMILES string of the molecule is CC(O[PH](=O)Oc1ccccc1CCNC(=O)c1ccc(NCCc2cnc3nc(N)nc(N)c3n2)cc1)C(=O)O. The molecule has 4 rings (SSSR count). The van der Waals surface area contributed by atoms with Crippen molar-refractivity contribution in [2.24, 2.45) is 0 Å². The molecule has 14 nitrogen and oxygen atoms in total. The molecule has 2 aromatic heterocycles. The van der Waals surface area contributed by atoms with Gasteiger partial charge in [0, 0.05) is 30.8 Å². The number of amides is 1. The van der Waals surface area contributed by atoms with E-state index in [1.165, 1.54) is 6.92 Å². The summed E-state index contributed by atoms with van der Waals surface area (Å²) in [4.78, 5) is 40.1. The fraction of sp³-hybridized carbons (Fsp3) is 0.231. The quantitative estimate of drug-likeness (QED) is 0.144. The molecule has 1 amide bonds. The van der Waals surface area contributed by atoms with Crippen molar-refractivity contribution >= 4 is 48.7 Å². The molecule has 0 radical (unpaired) electrons. The van der Waals surface area contributed by atoms with Crippen LogP contribution >= 0.6 is 8.25 Å². The van der Waals surface area contributed by atoms with E-state index in [0.29, 0.717) is 59.7 Å². The number of hydrogen-bond donors (Lipinski definition) is 5. The van der Waals surface area contributed by atoms with Crippen LogP contribution in [0.25, 0.3) is 11.2 Å². The number of benzene rings is 2. The van der Waals surface area contributed by atoms with Crippen LogP contribution in [0.15, 0.2) is 54.7 Å². The molecule has 4 aromatic rings. The van der Waals surface area contributed by atoms with Crippen molar-refractivity contribution in [2.45, 2.75) is 25.9 Å². The number of hydrogen-bond acceptors (Lipinski definition) is 12. The second-order valence-corrected chi connectivity index (χ2v) is 9.76. The van der Waals surface area contributed by atoms with E-state index in [1.54, 1.807) is 54.7 Å². The highest BCUT2D eigenvalue weighted by Crippen LogP contribution is 2.32. The van der Waals surface area contributed by atoms with Crippen molar-refractivity contribution in [3.63, 3.8) is 0 Å². The molecule has 0 bridgehead atoms. The molecule has 7 N–H and O–H groups in total. The lowest BCUT2D eigenvalue weighted by Crippen LogP contribution is -2.25. The molecule has 0 saturated carbocycles. The lowest BCUT2D eigenvalue weighted by molar-refractivity contribution is -0.144. The highest BCUT2D eigenvalue weighted by molar-refractivity contribution is 7.33. The van der Waals surface area contributed by atoms with Crippen molar-refractivity contribution in [3.05, 3.63) is 71.5 Å². The summed E-state index contributed by atoms with van der Waals surface area (Å²) in [6, 6.07) is 13.9. The Kier molecular flexibility index (Phi) is 9.61. The first kappa shape index (κ1) is 29.2. The summed E-state index contributed by atoms with van der Waals surface area (Å²) >= 11 is 0. The predicted octanol–water partition coefficient (Wildman–Crippen LogP) is 2.47. The monoisotopic (exact) mass is 580 g/mol. The normalized spacial score (nSPS) is 12.4. The van der Waals surface area contributed by atoms with E-state index in [4.69, 9.17) is 25.6 Å². The summed E-state index contributed by atoms with van der Waals surface area (Å²) in [5.74, 6) is -0.974. The molecule has 2 atom stereocenters. The minimum atomic E-state index is -3.07. The van der Waals surface area contributed by atoms with Crippen LogP contribution in [-0.2, 0) is 26.7 Å². The first-order chi connectivity index (χ1) is 19.7. The number of nitrogens with zero attached hydrogens (tertiary/aromatic N) is 4. The highest BCUT2D eigenvalue weighted by atomic mass is 31.1. The Balaban J connectivity index is 1.24. The standard InChI is InChI=1S/C26H29N8O6P/c1-15(25(36)37)39-41(38)40-20-5-3-2-4-16(20)10-12-30-24(35)17-6-8-18(9-7-17)29-13-11-19-14-31-23-21(32-19)22(27)33-26(28)34-23/h2-9,14-15,29,41H,10-13H2,1H3,(H,30,35)(H,36,37)(H4,27,28,31,33,34). The number of carbonyl (C=O) groups is 2. The third kappa shape index (κ3) is 8.10. The van der Waals surface area contributed by atoms with Crippen molar-refractivity contribution < 1.29 is 28.3 Å². The number of aromatic nitrogens is 4. The first-order valence-corrected chi connectivity index (χ1v) is 13.8. The highest BCUT2D eigenvalue weighted by Gasteiger charge is 2.17. The van der Waals surface area contributed by atoms with Crippen molar-refractivity contribution in [2.75, 3.05) is 29.9 Å². The number of carboxylic acid groups (broad SMARTS) is 1. The van der Waals surface area contributed by atoms with Gasteiger partial charge in [0.15, 0.2) is 23.1 Å². The second-order valence-electron chi connectivity index (χ2n) is 8.82. The Labute approximate surface area is 235 Å². The number of nitrogens with two attached hydrogens (primary N) is 2. The van der Waals surface area contributed by atoms with Crippen LogP contribution in [0, 0.1) is 0 Å². The molecule has 0 aliphatic heterocycles. The van der Waals surface area contributed by atoms with E-state index in [2.05, 4.69) is 30.6 Å². The summed E-state index contributed by atoms with van der Waals surface area (Å²) in [5, 5.41) is 15.0. The second kappa shape index (κ2) is 13.5. The molecule has 41 heavy (non-hydrogen) atoms. The number of aliphatic carboxylic acids is 1. The molecular formula is C26H29N8O6P. The molecule has 0 spiro atoms. The third-order valence-electron chi connectivity index (χ3n) is 5.83. The van der Waals surface area contributed by atoms with Gasteiger partial charge in [0.25, 0.3) is 5.91 Å². The van der Waals surface area contributed by atoms with Gasteiger partial charge in [-0.3, -0.25) is 9.32 Å². The van der Waals surface area contributed by atoms with Crippen LogP contribution in [-0.4, -0.2) is 56.1 Å². The molecule has 15 heteroatoms. The van der Waals surface area contributed by atoms with E-state index >= 15 is 0 Å². The Morgan fingerprint density at radius 3 is 2.54 bits per heavy atom. The molecule has 214 valence electrons. The molecule has 0 aliphatic rings. The fourth-order valence-electron chi connectivity index (χ4n) is 3.71. The maximum Gasteiger partial charge on any atom is 0.368 e. The number of anilines is 3. The van der Waals surface area contributed by atoms with Gasteiger partial charge in [-0.05, 0) is 49.2 Å². The summed E-state index contributed by atoms with van der Waals surface area (Å²) < 4.78 is 22.3. The minimum Gasteiger partial charge on any atom is -0.479 e. The Morgan fingerprint density at radius 1 is 1.02 bits per heavy atom. The molecular weight excluding hydrogens is 551 g/mol. The number of carboxylic acids is 1. The van der Waals surface area contributed by atoms with Crippen LogP contribution in [0.5, 0.6) is 5.75 Å². The zero-order valence-electron chi connectivity index (χ0n) is 22.0. The molecule has 2 heterocycles. The fourth-order valence-corrected chi connectivity index (χ4v) is 4.53. The lowest BCUT2D eigenvalue weighted by Gasteiger charge is -2.13. The third-order valence-corrected chi connectivity index (χ3v) is 6.76. The Morgan fingerprint density at radius 2 is 1.78 bits per heavy atom. The summed E-state index contributed by atoms with van der Waals surface area (Å²) in [7, 11) is -3.07. The predicted molar refractivity (Wildman–Crippen MR) is 153 cm³/mol. The van der Waals surface area contributed by atoms with Crippen LogP contribution in [0.3, 0.4) is 0 Å². The molecule has 0 saturated heterocycles. The number of para-hydroxylation sites is 1. The van der Waals surface area contributed by atoms with Gasteiger partial charge in [0.2, 0.25) is 5.95 Å². The van der Waals surface area contributed by atoms with Gasteiger partial charge in [-0.15, -0.1) is 0 Å². The smallest absolute Gasteiger partial charge is 0.368 e. The van der Waals surface area contributed by atoms with Gasteiger partial charge >= 0.3 is 14.2 Å². The summed E-state index contributed by atoms with van der Waals surface area (Å²) in [5.41, 5.74) is 14.9. The number of fused-ring (bicyclic) bond motifs is 1. The van der Waals surface area contributed by atoms with E-state index in [0.717, 1.165) is 5.69 Å². The average Bonchev–Trinajstić information content (AvgIpc) is 2.94. The number of nitrogens with one attached hydrogen (secondary N) is 2. The first-order valence-electron chi connectivity index (χ1n) is 12.6. The van der Waals surface area contributed by atoms with Gasteiger partial charge in [-0.2, -0.15) is 9.97 Å². The molecule has 0 aliphatic carbocycles. The summed E-state index contributed by atoms with van der Waals surface area (Å²) in [6.07, 6.45) is 1.32. The topological polar surface area (TPSA) is 218 Å².